The standard InChI is InChI=1S/C10H18N4/c1-7(2)14-10(11)8-6-13(3)5-4-9(8)12-14/h7H,4-6,11H2,1-3H3. The molecule has 0 saturated heterocycles. The molecular weight excluding hydrogens is 176 g/mol. The third-order valence-corrected chi connectivity index (χ3v) is 2.78. The second-order valence-corrected chi connectivity index (χ2v) is 4.34. The maximum Gasteiger partial charge on any atom is 0.126 e. The molecule has 78 valence electrons. The Hall–Kier alpha value is -1.03. The van der Waals surface area contributed by atoms with Gasteiger partial charge in [0.2, 0.25) is 0 Å². The number of nitrogens with zero attached hydrogens (tertiary/aromatic N) is 3. The molecule has 0 unspecified atom stereocenters. The second kappa shape index (κ2) is 3.28. The van der Waals surface area contributed by atoms with Gasteiger partial charge in [-0.1, -0.05) is 0 Å². The van der Waals surface area contributed by atoms with Crippen molar-refractivity contribution >= 4 is 5.82 Å². The molecule has 2 rings (SSSR count). The first kappa shape index (κ1) is 9.52. The predicted octanol–water partition coefficient (Wildman–Crippen LogP) is 1.03. The number of rotatable bonds is 1. The molecule has 1 aliphatic rings. The van der Waals surface area contributed by atoms with Gasteiger partial charge in [-0.15, -0.1) is 0 Å². The number of nitrogens with two attached hydrogens (primary N) is 1. The topological polar surface area (TPSA) is 47.1 Å². The van der Waals surface area contributed by atoms with Gasteiger partial charge in [-0.25, -0.2) is 4.68 Å². The van der Waals surface area contributed by atoms with Gasteiger partial charge in [-0.3, -0.25) is 0 Å². The average molecular weight is 194 g/mol. The molecule has 0 saturated carbocycles. The van der Waals surface area contributed by atoms with Crippen LogP contribution in [0.4, 0.5) is 5.82 Å². The van der Waals surface area contributed by atoms with Crippen LogP contribution in [0.25, 0.3) is 0 Å². The van der Waals surface area contributed by atoms with Crippen LogP contribution in [0.1, 0.15) is 31.1 Å². The molecule has 4 nitrogen and oxygen atoms in total. The molecule has 0 atom stereocenters. The molecule has 0 fully saturated rings. The van der Waals surface area contributed by atoms with Crippen LogP contribution in [0.3, 0.4) is 0 Å². The first-order chi connectivity index (χ1) is 6.59. The van der Waals surface area contributed by atoms with E-state index < -0.39 is 0 Å². The van der Waals surface area contributed by atoms with E-state index in [0.29, 0.717) is 6.04 Å². The molecule has 0 amide bonds. The lowest BCUT2D eigenvalue weighted by atomic mass is 10.1. The van der Waals surface area contributed by atoms with Crippen molar-refractivity contribution in [2.24, 2.45) is 0 Å². The van der Waals surface area contributed by atoms with Crippen molar-refractivity contribution < 1.29 is 0 Å². The summed E-state index contributed by atoms with van der Waals surface area (Å²) in [7, 11) is 2.12. The lowest BCUT2D eigenvalue weighted by molar-refractivity contribution is 0.312. The van der Waals surface area contributed by atoms with Crippen molar-refractivity contribution in [3.63, 3.8) is 0 Å². The van der Waals surface area contributed by atoms with Gasteiger partial charge in [-0.2, -0.15) is 5.10 Å². The van der Waals surface area contributed by atoms with Gasteiger partial charge in [0.1, 0.15) is 5.82 Å². The highest BCUT2D eigenvalue weighted by Crippen LogP contribution is 2.25. The van der Waals surface area contributed by atoms with E-state index in [9.17, 15) is 0 Å². The fourth-order valence-corrected chi connectivity index (χ4v) is 1.94. The summed E-state index contributed by atoms with van der Waals surface area (Å²) in [4.78, 5) is 2.28. The largest absolute Gasteiger partial charge is 0.384 e. The third-order valence-electron chi connectivity index (χ3n) is 2.78. The molecule has 2 N–H and O–H groups in total. The van der Waals surface area contributed by atoms with E-state index in [2.05, 4.69) is 30.9 Å². The Kier molecular flexibility index (Phi) is 2.23. The maximum atomic E-state index is 6.06. The molecule has 0 bridgehead atoms. The van der Waals surface area contributed by atoms with E-state index in [1.165, 1.54) is 11.3 Å². The van der Waals surface area contributed by atoms with Crippen molar-refractivity contribution in [2.75, 3.05) is 19.3 Å². The van der Waals surface area contributed by atoms with E-state index in [4.69, 9.17) is 5.73 Å². The highest BCUT2D eigenvalue weighted by molar-refractivity contribution is 5.44. The van der Waals surface area contributed by atoms with Crippen molar-refractivity contribution in [1.82, 2.24) is 14.7 Å². The maximum absolute atomic E-state index is 6.06. The summed E-state index contributed by atoms with van der Waals surface area (Å²) in [6.07, 6.45) is 1.02. The first-order valence-electron chi connectivity index (χ1n) is 5.14. The Morgan fingerprint density at radius 2 is 2.14 bits per heavy atom. The minimum atomic E-state index is 0.353. The minimum Gasteiger partial charge on any atom is -0.384 e. The van der Waals surface area contributed by atoms with E-state index >= 15 is 0 Å². The van der Waals surface area contributed by atoms with Gasteiger partial charge in [0.05, 0.1) is 5.69 Å². The molecule has 0 aliphatic carbocycles. The monoisotopic (exact) mass is 194 g/mol. The highest BCUT2D eigenvalue weighted by Gasteiger charge is 2.21. The molecule has 0 radical (unpaired) electrons. The molecule has 0 spiro atoms. The van der Waals surface area contributed by atoms with Crippen LogP contribution in [-0.4, -0.2) is 28.3 Å². The van der Waals surface area contributed by atoms with Crippen molar-refractivity contribution in [1.29, 1.82) is 0 Å². The van der Waals surface area contributed by atoms with Crippen LogP contribution in [0.2, 0.25) is 0 Å². The Labute approximate surface area is 84.7 Å². The zero-order chi connectivity index (χ0) is 10.3. The summed E-state index contributed by atoms with van der Waals surface area (Å²) < 4.78 is 1.93. The third kappa shape index (κ3) is 1.39. The normalized spacial score (nSPS) is 17.4. The molecule has 1 aliphatic heterocycles. The summed E-state index contributed by atoms with van der Waals surface area (Å²) in [5.41, 5.74) is 8.48. The van der Waals surface area contributed by atoms with Crippen molar-refractivity contribution in [2.45, 2.75) is 32.9 Å². The average Bonchev–Trinajstić information content (AvgIpc) is 2.44. The molecule has 1 aromatic rings. The molecular formula is C10H18N4. The van der Waals surface area contributed by atoms with Gasteiger partial charge in [-0.05, 0) is 20.9 Å². The fourth-order valence-electron chi connectivity index (χ4n) is 1.94. The molecule has 4 heteroatoms. The fraction of sp³-hybridized carbons (Fsp3) is 0.700. The summed E-state index contributed by atoms with van der Waals surface area (Å²) in [5, 5.41) is 4.55. The molecule has 1 aromatic heterocycles. The lowest BCUT2D eigenvalue weighted by Gasteiger charge is -2.21. The number of hydrogen-bond donors (Lipinski definition) is 1. The Morgan fingerprint density at radius 3 is 2.79 bits per heavy atom. The quantitative estimate of drug-likeness (QED) is 0.726. The van der Waals surface area contributed by atoms with Crippen LogP contribution in [-0.2, 0) is 13.0 Å². The van der Waals surface area contributed by atoms with Crippen molar-refractivity contribution in [3.05, 3.63) is 11.3 Å². The number of likely N-dealkylation sites (N-methyl/N-ethyl adjacent to an activating group) is 1. The Bertz CT molecular complexity index is 340. The number of fused-ring (bicyclic) bond motifs is 1. The summed E-state index contributed by atoms with van der Waals surface area (Å²) in [6, 6.07) is 0.353. The van der Waals surface area contributed by atoms with E-state index in [0.717, 1.165) is 25.3 Å². The van der Waals surface area contributed by atoms with Gasteiger partial charge < -0.3 is 10.6 Å². The van der Waals surface area contributed by atoms with Gasteiger partial charge in [0.25, 0.3) is 0 Å². The number of nitrogen functional groups attached to an aromatic ring is 1. The summed E-state index contributed by atoms with van der Waals surface area (Å²) >= 11 is 0. The zero-order valence-corrected chi connectivity index (χ0v) is 9.12. The van der Waals surface area contributed by atoms with E-state index in [1.54, 1.807) is 0 Å². The van der Waals surface area contributed by atoms with Gasteiger partial charge in [0.15, 0.2) is 0 Å². The number of hydrogen-bond acceptors (Lipinski definition) is 3. The highest BCUT2D eigenvalue weighted by atomic mass is 15.3. The van der Waals surface area contributed by atoms with E-state index in [1.807, 2.05) is 4.68 Å². The van der Waals surface area contributed by atoms with Crippen molar-refractivity contribution in [3.8, 4) is 0 Å². The van der Waals surface area contributed by atoms with Crippen LogP contribution in [0.5, 0.6) is 0 Å². The van der Waals surface area contributed by atoms with Crippen LogP contribution < -0.4 is 5.73 Å². The van der Waals surface area contributed by atoms with Crippen LogP contribution in [0, 0.1) is 0 Å². The first-order valence-corrected chi connectivity index (χ1v) is 5.14. The minimum absolute atomic E-state index is 0.353. The van der Waals surface area contributed by atoms with Gasteiger partial charge in [0, 0.05) is 31.1 Å². The smallest absolute Gasteiger partial charge is 0.126 e. The Balaban J connectivity index is 2.41. The number of aromatic nitrogens is 2. The number of anilines is 1. The second-order valence-electron chi connectivity index (χ2n) is 4.34. The zero-order valence-electron chi connectivity index (χ0n) is 9.12. The lowest BCUT2D eigenvalue weighted by Crippen LogP contribution is -2.26. The molecule has 0 aromatic carbocycles. The Morgan fingerprint density at radius 1 is 1.43 bits per heavy atom. The van der Waals surface area contributed by atoms with Gasteiger partial charge >= 0.3 is 0 Å². The predicted molar refractivity (Wildman–Crippen MR) is 57.1 cm³/mol. The summed E-state index contributed by atoms with van der Waals surface area (Å²) in [5.74, 6) is 0.849. The molecule has 14 heavy (non-hydrogen) atoms. The molecule has 2 heterocycles. The van der Waals surface area contributed by atoms with Crippen LogP contribution in [0.15, 0.2) is 0 Å². The van der Waals surface area contributed by atoms with Crippen LogP contribution >= 0.6 is 0 Å². The van der Waals surface area contributed by atoms with E-state index in [-0.39, 0.29) is 0 Å². The SMILES string of the molecule is CC(C)n1nc2c(c1N)CN(C)CC2. The summed E-state index contributed by atoms with van der Waals surface area (Å²) in [6.45, 7) is 6.24.